The fraction of sp³-hybridized carbons (Fsp3) is 0.375. The number of amides is 1. The van der Waals surface area contributed by atoms with Crippen LogP contribution in [0.5, 0.6) is 0 Å². The van der Waals surface area contributed by atoms with Crippen molar-refractivity contribution in [3.63, 3.8) is 0 Å². The van der Waals surface area contributed by atoms with E-state index in [0.717, 1.165) is 43.2 Å². The number of aldehydes is 1. The molecule has 3 aromatic rings. The van der Waals surface area contributed by atoms with Gasteiger partial charge in [0.1, 0.15) is 12.4 Å². The van der Waals surface area contributed by atoms with Gasteiger partial charge in [0.25, 0.3) is 5.91 Å². The predicted molar refractivity (Wildman–Crippen MR) is 121 cm³/mol. The van der Waals surface area contributed by atoms with E-state index < -0.39 is 0 Å². The van der Waals surface area contributed by atoms with Crippen molar-refractivity contribution < 1.29 is 9.59 Å². The molecule has 2 N–H and O–H groups in total. The zero-order valence-electron chi connectivity index (χ0n) is 18.2. The van der Waals surface area contributed by atoms with Gasteiger partial charge in [-0.25, -0.2) is 4.52 Å². The van der Waals surface area contributed by atoms with Crippen molar-refractivity contribution in [3.8, 4) is 17.5 Å². The minimum Gasteiger partial charge on any atom is -0.382 e. The molecule has 4 rings (SSSR count). The summed E-state index contributed by atoms with van der Waals surface area (Å²) in [7, 11) is 0. The number of hydrogen-bond acceptors (Lipinski definition) is 6. The number of carbonyl (C=O) groups is 2. The largest absolute Gasteiger partial charge is 0.382 e. The summed E-state index contributed by atoms with van der Waals surface area (Å²) in [6.45, 7) is 4.03. The van der Waals surface area contributed by atoms with Crippen molar-refractivity contribution in [1.82, 2.24) is 19.9 Å². The van der Waals surface area contributed by atoms with Gasteiger partial charge in [0.15, 0.2) is 0 Å². The van der Waals surface area contributed by atoms with Gasteiger partial charge in [-0.05, 0) is 63.8 Å². The van der Waals surface area contributed by atoms with Crippen LogP contribution in [0.3, 0.4) is 0 Å². The summed E-state index contributed by atoms with van der Waals surface area (Å²) in [5.74, 6) is -0.0597. The van der Waals surface area contributed by atoms with Crippen LogP contribution in [0.4, 0.5) is 5.69 Å². The first-order valence-electron chi connectivity index (χ1n) is 10.9. The maximum Gasteiger partial charge on any atom is 0.255 e. The molecule has 0 unspecified atom stereocenters. The van der Waals surface area contributed by atoms with E-state index in [1.54, 1.807) is 16.8 Å². The van der Waals surface area contributed by atoms with Gasteiger partial charge >= 0.3 is 0 Å². The SMILES string of the molecule is CC(C)Nc1cc(-c2ccc3cc(C#N)cnn23)ncc1C(=O)N[C@H]1CC[C@H](C=O)CC1. The number of nitrogens with one attached hydrogen (secondary N) is 2. The maximum atomic E-state index is 13.0. The molecule has 0 aromatic carbocycles. The minimum absolute atomic E-state index is 0.0679. The molecule has 0 saturated heterocycles. The van der Waals surface area contributed by atoms with Crippen molar-refractivity contribution >= 4 is 23.4 Å². The molecule has 0 bridgehead atoms. The highest BCUT2D eigenvalue weighted by molar-refractivity contribution is 6.00. The molecular formula is C24H26N6O2. The smallest absolute Gasteiger partial charge is 0.255 e. The first-order chi connectivity index (χ1) is 15.5. The first kappa shape index (κ1) is 21.5. The standard InChI is InChI=1S/C24H26N6O2/c1-15(2)28-21-10-22(23-8-7-19-9-17(11-25)12-27-30(19)23)26-13-20(21)24(32)29-18-5-3-16(14-31)4-6-18/h7-10,12-16,18H,3-6H2,1-2H3,(H,26,28)(H,29,32)/t16-,18-. The third-order valence-corrected chi connectivity index (χ3v) is 5.78. The Morgan fingerprint density at radius 1 is 1.22 bits per heavy atom. The minimum atomic E-state index is -0.168. The lowest BCUT2D eigenvalue weighted by atomic mass is 9.87. The molecule has 0 spiro atoms. The van der Waals surface area contributed by atoms with E-state index in [9.17, 15) is 9.59 Å². The number of nitriles is 1. The van der Waals surface area contributed by atoms with E-state index in [2.05, 4.69) is 26.8 Å². The van der Waals surface area contributed by atoms with Gasteiger partial charge in [0.2, 0.25) is 0 Å². The van der Waals surface area contributed by atoms with Crippen molar-refractivity contribution in [2.75, 3.05) is 5.32 Å². The highest BCUT2D eigenvalue weighted by Gasteiger charge is 2.24. The van der Waals surface area contributed by atoms with Crippen LogP contribution < -0.4 is 10.6 Å². The number of hydrogen-bond donors (Lipinski definition) is 2. The number of aromatic nitrogens is 3. The second kappa shape index (κ2) is 9.18. The average molecular weight is 431 g/mol. The summed E-state index contributed by atoms with van der Waals surface area (Å²) in [6, 6.07) is 9.70. The van der Waals surface area contributed by atoms with Crippen LogP contribution in [0.2, 0.25) is 0 Å². The van der Waals surface area contributed by atoms with Gasteiger partial charge < -0.3 is 15.4 Å². The third-order valence-electron chi connectivity index (χ3n) is 5.78. The Labute approximate surface area is 186 Å². The van der Waals surface area contributed by atoms with Crippen LogP contribution in [-0.4, -0.2) is 38.9 Å². The van der Waals surface area contributed by atoms with Crippen LogP contribution in [0.15, 0.2) is 36.7 Å². The highest BCUT2D eigenvalue weighted by atomic mass is 16.1. The van der Waals surface area contributed by atoms with Crippen molar-refractivity contribution in [2.45, 2.75) is 51.6 Å². The van der Waals surface area contributed by atoms with Gasteiger partial charge in [-0.1, -0.05) is 0 Å². The topological polar surface area (TPSA) is 112 Å². The van der Waals surface area contributed by atoms with E-state index in [4.69, 9.17) is 5.26 Å². The molecule has 32 heavy (non-hydrogen) atoms. The molecule has 0 aliphatic heterocycles. The molecule has 8 heteroatoms. The van der Waals surface area contributed by atoms with Crippen LogP contribution in [0.25, 0.3) is 16.9 Å². The second-order valence-corrected chi connectivity index (χ2v) is 8.55. The molecule has 1 fully saturated rings. The second-order valence-electron chi connectivity index (χ2n) is 8.55. The van der Waals surface area contributed by atoms with E-state index in [0.29, 0.717) is 22.5 Å². The summed E-state index contributed by atoms with van der Waals surface area (Å²) < 4.78 is 1.73. The Morgan fingerprint density at radius 3 is 2.69 bits per heavy atom. The van der Waals surface area contributed by atoms with E-state index >= 15 is 0 Å². The molecular weight excluding hydrogens is 404 g/mol. The molecule has 3 heterocycles. The molecule has 0 radical (unpaired) electrons. The Hall–Kier alpha value is -3.73. The van der Waals surface area contributed by atoms with Crippen LogP contribution in [-0.2, 0) is 4.79 Å². The average Bonchev–Trinajstić information content (AvgIpc) is 3.22. The zero-order valence-corrected chi connectivity index (χ0v) is 18.2. The lowest BCUT2D eigenvalue weighted by Gasteiger charge is -2.26. The normalized spacial score (nSPS) is 18.3. The summed E-state index contributed by atoms with van der Waals surface area (Å²) in [4.78, 5) is 28.6. The molecule has 8 nitrogen and oxygen atoms in total. The lowest BCUT2D eigenvalue weighted by molar-refractivity contribution is -0.111. The zero-order chi connectivity index (χ0) is 22.7. The molecule has 1 aliphatic carbocycles. The summed E-state index contributed by atoms with van der Waals surface area (Å²) in [5.41, 5.74) is 3.93. The van der Waals surface area contributed by atoms with E-state index in [1.165, 1.54) is 6.20 Å². The molecule has 1 amide bonds. The van der Waals surface area contributed by atoms with Crippen LogP contribution >= 0.6 is 0 Å². The number of pyridine rings is 1. The molecule has 1 aliphatic rings. The van der Waals surface area contributed by atoms with Crippen LogP contribution in [0.1, 0.15) is 55.5 Å². The fourth-order valence-corrected chi connectivity index (χ4v) is 4.12. The predicted octanol–water partition coefficient (Wildman–Crippen LogP) is 3.58. The summed E-state index contributed by atoms with van der Waals surface area (Å²) >= 11 is 0. The highest BCUT2D eigenvalue weighted by Crippen LogP contribution is 2.27. The fourth-order valence-electron chi connectivity index (χ4n) is 4.12. The molecule has 164 valence electrons. The number of anilines is 1. The van der Waals surface area contributed by atoms with Gasteiger partial charge in [-0.2, -0.15) is 10.4 Å². The Kier molecular flexibility index (Phi) is 6.17. The molecule has 0 atom stereocenters. The quantitative estimate of drug-likeness (QED) is 0.578. The lowest BCUT2D eigenvalue weighted by Crippen LogP contribution is -2.38. The van der Waals surface area contributed by atoms with Gasteiger partial charge in [0, 0.05) is 24.2 Å². The van der Waals surface area contributed by atoms with Gasteiger partial charge in [-0.15, -0.1) is 0 Å². The Balaban J connectivity index is 1.61. The van der Waals surface area contributed by atoms with Crippen molar-refractivity contribution in [1.29, 1.82) is 5.26 Å². The maximum absolute atomic E-state index is 13.0. The van der Waals surface area contributed by atoms with Crippen molar-refractivity contribution in [2.24, 2.45) is 5.92 Å². The van der Waals surface area contributed by atoms with Crippen molar-refractivity contribution in [3.05, 3.63) is 47.8 Å². The van der Waals surface area contributed by atoms with Gasteiger partial charge in [0.05, 0.1) is 39.9 Å². The Bertz CT molecular complexity index is 1180. The number of carbonyl (C=O) groups excluding carboxylic acids is 2. The Morgan fingerprint density at radius 2 is 2.00 bits per heavy atom. The molecule has 1 saturated carbocycles. The number of nitrogens with zero attached hydrogens (tertiary/aromatic N) is 4. The van der Waals surface area contributed by atoms with Gasteiger partial charge in [-0.3, -0.25) is 9.78 Å². The monoisotopic (exact) mass is 430 g/mol. The van der Waals surface area contributed by atoms with E-state index in [-0.39, 0.29) is 23.9 Å². The van der Waals surface area contributed by atoms with Crippen LogP contribution in [0, 0.1) is 17.2 Å². The summed E-state index contributed by atoms with van der Waals surface area (Å²) in [5, 5.41) is 19.9. The van der Waals surface area contributed by atoms with E-state index in [1.807, 2.05) is 32.0 Å². The third kappa shape index (κ3) is 4.47. The number of rotatable bonds is 6. The first-order valence-corrected chi connectivity index (χ1v) is 10.9. The summed E-state index contributed by atoms with van der Waals surface area (Å²) in [6.07, 6.45) is 7.36. The number of fused-ring (bicyclic) bond motifs is 1. The molecule has 3 aromatic heterocycles.